The summed E-state index contributed by atoms with van der Waals surface area (Å²) in [5, 5.41) is 2.73. The highest BCUT2D eigenvalue weighted by atomic mass is 32.2. The summed E-state index contributed by atoms with van der Waals surface area (Å²) in [6.45, 7) is 0.790. The zero-order chi connectivity index (χ0) is 11.5. The van der Waals surface area contributed by atoms with Crippen LogP contribution in [0.15, 0.2) is 0 Å². The molecule has 0 bridgehead atoms. The fourth-order valence-corrected chi connectivity index (χ4v) is 2.07. The van der Waals surface area contributed by atoms with Gasteiger partial charge in [0, 0.05) is 19.3 Å². The molecule has 0 radical (unpaired) electrons. The van der Waals surface area contributed by atoms with E-state index in [4.69, 9.17) is 5.73 Å². The van der Waals surface area contributed by atoms with Crippen molar-refractivity contribution in [1.29, 1.82) is 0 Å². The molecule has 6 heteroatoms. The number of hydrogen-bond donors (Lipinski definition) is 2. The molecular weight excluding hydrogens is 216 g/mol. The minimum Gasteiger partial charge on any atom is -0.356 e. The topological polar surface area (TPSA) is 89.3 Å². The van der Waals surface area contributed by atoms with Crippen LogP contribution in [-0.4, -0.2) is 39.4 Å². The number of sulfone groups is 1. The van der Waals surface area contributed by atoms with E-state index in [0.29, 0.717) is 19.5 Å². The Bertz CT molecular complexity index is 333. The van der Waals surface area contributed by atoms with Crippen molar-refractivity contribution >= 4 is 15.7 Å². The van der Waals surface area contributed by atoms with Crippen LogP contribution in [0.4, 0.5) is 0 Å². The molecule has 1 fully saturated rings. The molecule has 1 saturated carbocycles. The molecule has 1 amide bonds. The van der Waals surface area contributed by atoms with E-state index in [9.17, 15) is 13.2 Å². The zero-order valence-electron chi connectivity index (χ0n) is 8.95. The lowest BCUT2D eigenvalue weighted by Crippen LogP contribution is -2.37. The van der Waals surface area contributed by atoms with Crippen LogP contribution in [-0.2, 0) is 14.6 Å². The van der Waals surface area contributed by atoms with Gasteiger partial charge < -0.3 is 11.1 Å². The average Bonchev–Trinajstić information content (AvgIpc) is 2.91. The van der Waals surface area contributed by atoms with Crippen molar-refractivity contribution < 1.29 is 13.2 Å². The Balaban J connectivity index is 2.19. The second-order valence-electron chi connectivity index (χ2n) is 4.22. The minimum atomic E-state index is -2.92. The van der Waals surface area contributed by atoms with E-state index < -0.39 is 9.84 Å². The third-order valence-electron chi connectivity index (χ3n) is 2.70. The largest absolute Gasteiger partial charge is 0.356 e. The maximum Gasteiger partial charge on any atom is 0.227 e. The van der Waals surface area contributed by atoms with Crippen LogP contribution in [0.5, 0.6) is 0 Å². The molecule has 0 aliphatic heterocycles. The summed E-state index contributed by atoms with van der Waals surface area (Å²) >= 11 is 0. The van der Waals surface area contributed by atoms with Crippen LogP contribution in [0.25, 0.3) is 0 Å². The quantitative estimate of drug-likeness (QED) is 0.593. The lowest BCUT2D eigenvalue weighted by Gasteiger charge is -2.12. The van der Waals surface area contributed by atoms with Gasteiger partial charge >= 0.3 is 0 Å². The second-order valence-corrected chi connectivity index (χ2v) is 6.48. The molecule has 0 saturated heterocycles. The van der Waals surface area contributed by atoms with E-state index >= 15 is 0 Å². The van der Waals surface area contributed by atoms with Gasteiger partial charge in [-0.2, -0.15) is 0 Å². The number of rotatable bonds is 6. The van der Waals surface area contributed by atoms with Crippen molar-refractivity contribution in [2.75, 3.05) is 25.1 Å². The number of hydrogen-bond acceptors (Lipinski definition) is 4. The van der Waals surface area contributed by atoms with Crippen LogP contribution in [0, 0.1) is 5.41 Å². The third kappa shape index (κ3) is 3.79. The number of nitrogens with two attached hydrogens (primary N) is 1. The van der Waals surface area contributed by atoms with E-state index in [2.05, 4.69) is 5.32 Å². The minimum absolute atomic E-state index is 0.0292. The fourth-order valence-electron chi connectivity index (χ4n) is 1.40. The monoisotopic (exact) mass is 234 g/mol. The first-order chi connectivity index (χ1) is 6.90. The molecule has 1 aliphatic rings. The number of amides is 1. The lowest BCUT2D eigenvalue weighted by atomic mass is 10.1. The highest BCUT2D eigenvalue weighted by Crippen LogP contribution is 2.44. The van der Waals surface area contributed by atoms with Gasteiger partial charge in [-0.1, -0.05) is 0 Å². The molecule has 0 aromatic carbocycles. The molecule has 0 aromatic heterocycles. The van der Waals surface area contributed by atoms with Crippen LogP contribution in [0.1, 0.15) is 19.3 Å². The van der Waals surface area contributed by atoms with Gasteiger partial charge in [0.05, 0.1) is 11.2 Å². The SMILES string of the molecule is CS(=O)(=O)CCCNC(=O)C1(CN)CC1. The molecule has 0 aromatic rings. The summed E-state index contributed by atoms with van der Waals surface area (Å²) in [7, 11) is -2.92. The average molecular weight is 234 g/mol. The van der Waals surface area contributed by atoms with Crippen LogP contribution in [0.2, 0.25) is 0 Å². The first-order valence-corrected chi connectivity index (χ1v) is 7.12. The summed E-state index contributed by atoms with van der Waals surface area (Å²) in [6, 6.07) is 0. The van der Waals surface area contributed by atoms with E-state index in [1.807, 2.05) is 0 Å². The van der Waals surface area contributed by atoms with Crippen molar-refractivity contribution in [2.24, 2.45) is 11.1 Å². The first-order valence-electron chi connectivity index (χ1n) is 5.06. The molecular formula is C9H18N2O3S. The maximum absolute atomic E-state index is 11.5. The van der Waals surface area contributed by atoms with Crippen LogP contribution in [0.3, 0.4) is 0 Å². The van der Waals surface area contributed by atoms with Gasteiger partial charge in [0.15, 0.2) is 0 Å². The van der Waals surface area contributed by atoms with E-state index in [0.717, 1.165) is 12.8 Å². The summed E-state index contributed by atoms with van der Waals surface area (Å²) in [5.74, 6) is 0.0848. The predicted molar refractivity (Wildman–Crippen MR) is 58.1 cm³/mol. The van der Waals surface area contributed by atoms with Crippen molar-refractivity contribution in [3.8, 4) is 0 Å². The van der Waals surface area contributed by atoms with Crippen molar-refractivity contribution in [3.05, 3.63) is 0 Å². The van der Waals surface area contributed by atoms with Gasteiger partial charge in [0.1, 0.15) is 9.84 Å². The Morgan fingerprint density at radius 3 is 2.47 bits per heavy atom. The Morgan fingerprint density at radius 2 is 2.07 bits per heavy atom. The third-order valence-corrected chi connectivity index (χ3v) is 3.73. The Kier molecular flexibility index (Phi) is 3.72. The summed E-state index contributed by atoms with van der Waals surface area (Å²) in [6.07, 6.45) is 3.35. The van der Waals surface area contributed by atoms with Crippen molar-refractivity contribution in [2.45, 2.75) is 19.3 Å². The normalized spacial score (nSPS) is 18.5. The molecule has 0 heterocycles. The fraction of sp³-hybridized carbons (Fsp3) is 0.889. The van der Waals surface area contributed by atoms with Crippen LogP contribution >= 0.6 is 0 Å². The highest BCUT2D eigenvalue weighted by molar-refractivity contribution is 7.90. The Hall–Kier alpha value is -0.620. The Labute approximate surface area is 90.3 Å². The zero-order valence-corrected chi connectivity index (χ0v) is 9.77. The predicted octanol–water partition coefficient (Wildman–Crippen LogP) is -0.724. The van der Waals surface area contributed by atoms with Gasteiger partial charge in [0.2, 0.25) is 5.91 Å². The molecule has 1 rings (SSSR count). The van der Waals surface area contributed by atoms with Crippen LogP contribution < -0.4 is 11.1 Å². The molecule has 88 valence electrons. The van der Waals surface area contributed by atoms with E-state index in [-0.39, 0.29) is 17.1 Å². The molecule has 3 N–H and O–H groups in total. The van der Waals surface area contributed by atoms with Gasteiger partial charge in [-0.05, 0) is 19.3 Å². The number of carbonyl (C=O) groups excluding carboxylic acids is 1. The lowest BCUT2D eigenvalue weighted by molar-refractivity contribution is -0.125. The first kappa shape index (κ1) is 12.4. The van der Waals surface area contributed by atoms with Gasteiger partial charge in [-0.15, -0.1) is 0 Å². The summed E-state index contributed by atoms with van der Waals surface area (Å²) < 4.78 is 21.6. The van der Waals surface area contributed by atoms with E-state index in [1.165, 1.54) is 6.26 Å². The molecule has 0 spiro atoms. The molecule has 5 nitrogen and oxygen atoms in total. The van der Waals surface area contributed by atoms with E-state index in [1.54, 1.807) is 0 Å². The second kappa shape index (κ2) is 4.49. The Morgan fingerprint density at radius 1 is 1.47 bits per heavy atom. The number of carbonyl (C=O) groups is 1. The number of nitrogens with one attached hydrogen (secondary N) is 1. The van der Waals surface area contributed by atoms with Crippen molar-refractivity contribution in [3.63, 3.8) is 0 Å². The van der Waals surface area contributed by atoms with Gasteiger partial charge in [0.25, 0.3) is 0 Å². The highest BCUT2D eigenvalue weighted by Gasteiger charge is 2.48. The maximum atomic E-state index is 11.5. The summed E-state index contributed by atoms with van der Waals surface area (Å²) in [4.78, 5) is 11.5. The van der Waals surface area contributed by atoms with Crippen molar-refractivity contribution in [1.82, 2.24) is 5.32 Å². The smallest absolute Gasteiger partial charge is 0.227 e. The standard InChI is InChI=1S/C9H18N2O3S/c1-15(13,14)6-2-5-11-8(12)9(7-10)3-4-9/h2-7,10H2,1H3,(H,11,12). The molecule has 1 aliphatic carbocycles. The molecule has 0 atom stereocenters. The van der Waals surface area contributed by atoms with Gasteiger partial charge in [-0.3, -0.25) is 4.79 Å². The molecule has 0 unspecified atom stereocenters. The summed E-state index contributed by atoms with van der Waals surface area (Å²) in [5.41, 5.74) is 5.14. The molecule has 15 heavy (non-hydrogen) atoms. The van der Waals surface area contributed by atoms with Gasteiger partial charge in [-0.25, -0.2) is 8.42 Å².